The second-order valence-electron chi connectivity index (χ2n) is 6.16. The standard InChI is InChI=1S/C19H23BrN4O2/c1-25-17-6-5-16(20)11-15(17)13-26-23-19(21)14-7-8-22-18(12-14)24-9-3-2-4-10-24/h5-8,11-12H,2-4,9-10,13H2,1H3,(H2,21,23). The van der Waals surface area contributed by atoms with E-state index in [1.54, 1.807) is 13.3 Å². The van der Waals surface area contributed by atoms with E-state index >= 15 is 0 Å². The zero-order valence-corrected chi connectivity index (χ0v) is 16.4. The monoisotopic (exact) mass is 418 g/mol. The van der Waals surface area contributed by atoms with Gasteiger partial charge in [0, 0.05) is 34.9 Å². The Kier molecular flexibility index (Phi) is 6.33. The second kappa shape index (κ2) is 8.89. The van der Waals surface area contributed by atoms with Crippen molar-refractivity contribution in [3.63, 3.8) is 0 Å². The lowest BCUT2D eigenvalue weighted by Gasteiger charge is -2.27. The number of nitrogens with zero attached hydrogens (tertiary/aromatic N) is 3. The molecule has 2 aromatic rings. The molecule has 1 saturated heterocycles. The normalized spacial score (nSPS) is 15.0. The molecule has 0 unspecified atom stereocenters. The van der Waals surface area contributed by atoms with Gasteiger partial charge in [-0.05, 0) is 49.6 Å². The third-order valence-electron chi connectivity index (χ3n) is 4.35. The van der Waals surface area contributed by atoms with Crippen molar-refractivity contribution < 1.29 is 9.57 Å². The second-order valence-corrected chi connectivity index (χ2v) is 7.07. The van der Waals surface area contributed by atoms with Crippen molar-refractivity contribution in [3.8, 4) is 5.75 Å². The van der Waals surface area contributed by atoms with Crippen molar-refractivity contribution in [1.82, 2.24) is 4.98 Å². The Morgan fingerprint density at radius 3 is 2.81 bits per heavy atom. The van der Waals surface area contributed by atoms with E-state index in [0.29, 0.717) is 5.84 Å². The molecule has 3 rings (SSSR count). The number of pyridine rings is 1. The smallest absolute Gasteiger partial charge is 0.170 e. The van der Waals surface area contributed by atoms with Gasteiger partial charge in [-0.2, -0.15) is 0 Å². The zero-order chi connectivity index (χ0) is 18.4. The molecule has 1 aliphatic heterocycles. The highest BCUT2D eigenvalue weighted by Gasteiger charge is 2.13. The van der Waals surface area contributed by atoms with Crippen LogP contribution in [0, 0.1) is 0 Å². The molecule has 1 aromatic carbocycles. The summed E-state index contributed by atoms with van der Waals surface area (Å²) in [4.78, 5) is 12.2. The lowest BCUT2D eigenvalue weighted by atomic mass is 10.1. The maximum absolute atomic E-state index is 6.10. The number of ether oxygens (including phenoxy) is 1. The van der Waals surface area contributed by atoms with Gasteiger partial charge in [-0.1, -0.05) is 21.1 Å². The van der Waals surface area contributed by atoms with Crippen LogP contribution in [0.3, 0.4) is 0 Å². The summed E-state index contributed by atoms with van der Waals surface area (Å²) in [6.07, 6.45) is 5.45. The quantitative estimate of drug-likeness (QED) is 0.439. The highest BCUT2D eigenvalue weighted by Crippen LogP contribution is 2.24. The molecule has 1 aromatic heterocycles. The molecule has 6 nitrogen and oxygen atoms in total. The Balaban J connectivity index is 1.67. The van der Waals surface area contributed by atoms with Gasteiger partial charge in [0.1, 0.15) is 18.2 Å². The van der Waals surface area contributed by atoms with E-state index in [4.69, 9.17) is 15.3 Å². The van der Waals surface area contributed by atoms with E-state index in [-0.39, 0.29) is 6.61 Å². The van der Waals surface area contributed by atoms with Gasteiger partial charge in [0.15, 0.2) is 5.84 Å². The summed E-state index contributed by atoms with van der Waals surface area (Å²) in [7, 11) is 1.63. The molecule has 0 aliphatic carbocycles. The molecule has 138 valence electrons. The first-order valence-electron chi connectivity index (χ1n) is 8.66. The summed E-state index contributed by atoms with van der Waals surface area (Å²) in [6, 6.07) is 9.54. The van der Waals surface area contributed by atoms with Gasteiger partial charge in [-0.15, -0.1) is 0 Å². The number of benzene rings is 1. The molecular formula is C19H23BrN4O2. The van der Waals surface area contributed by atoms with Crippen molar-refractivity contribution in [2.75, 3.05) is 25.1 Å². The molecule has 0 radical (unpaired) electrons. The van der Waals surface area contributed by atoms with Crippen LogP contribution in [0.4, 0.5) is 5.82 Å². The molecule has 0 saturated carbocycles. The molecule has 1 aliphatic rings. The zero-order valence-electron chi connectivity index (χ0n) is 14.8. The molecule has 1 fully saturated rings. The number of hydrogen-bond acceptors (Lipinski definition) is 5. The number of anilines is 1. The van der Waals surface area contributed by atoms with Gasteiger partial charge in [0.2, 0.25) is 0 Å². The molecule has 0 bridgehead atoms. The van der Waals surface area contributed by atoms with E-state index in [1.807, 2.05) is 30.3 Å². The lowest BCUT2D eigenvalue weighted by Crippen LogP contribution is -2.30. The third-order valence-corrected chi connectivity index (χ3v) is 4.84. The fourth-order valence-corrected chi connectivity index (χ4v) is 3.37. The highest BCUT2D eigenvalue weighted by molar-refractivity contribution is 9.10. The minimum atomic E-state index is 0.271. The maximum atomic E-state index is 6.10. The predicted octanol–water partition coefficient (Wildman–Crippen LogP) is 3.68. The van der Waals surface area contributed by atoms with Crippen molar-refractivity contribution in [2.24, 2.45) is 10.9 Å². The van der Waals surface area contributed by atoms with Gasteiger partial charge in [0.25, 0.3) is 0 Å². The SMILES string of the molecule is COc1ccc(Br)cc1CO/N=C(/N)c1ccnc(N2CCCCC2)c1. The number of hydrogen-bond donors (Lipinski definition) is 1. The molecule has 7 heteroatoms. The van der Waals surface area contributed by atoms with E-state index in [0.717, 1.165) is 40.3 Å². The van der Waals surface area contributed by atoms with Gasteiger partial charge >= 0.3 is 0 Å². The topological polar surface area (TPSA) is 73.0 Å². The largest absolute Gasteiger partial charge is 0.496 e. The molecule has 26 heavy (non-hydrogen) atoms. The Bertz CT molecular complexity index is 776. The number of aromatic nitrogens is 1. The van der Waals surface area contributed by atoms with E-state index in [1.165, 1.54) is 19.3 Å². The number of piperidine rings is 1. The Labute approximate surface area is 162 Å². The third kappa shape index (κ3) is 4.66. The van der Waals surface area contributed by atoms with Gasteiger partial charge < -0.3 is 20.2 Å². The summed E-state index contributed by atoms with van der Waals surface area (Å²) in [5, 5.41) is 4.06. The Morgan fingerprint density at radius 2 is 2.04 bits per heavy atom. The Hall–Kier alpha value is -2.28. The molecular weight excluding hydrogens is 396 g/mol. The summed E-state index contributed by atoms with van der Waals surface area (Å²) >= 11 is 3.45. The summed E-state index contributed by atoms with van der Waals surface area (Å²) < 4.78 is 6.28. The summed E-state index contributed by atoms with van der Waals surface area (Å²) in [5.41, 5.74) is 7.79. The Morgan fingerprint density at radius 1 is 1.23 bits per heavy atom. The average molecular weight is 419 g/mol. The van der Waals surface area contributed by atoms with Gasteiger partial charge in [-0.3, -0.25) is 0 Å². The minimum absolute atomic E-state index is 0.271. The summed E-state index contributed by atoms with van der Waals surface area (Å²) in [6.45, 7) is 2.34. The number of amidine groups is 1. The van der Waals surface area contributed by atoms with Crippen LogP contribution in [0.2, 0.25) is 0 Å². The molecule has 2 heterocycles. The summed E-state index contributed by atoms with van der Waals surface area (Å²) in [5.74, 6) is 2.02. The van der Waals surface area contributed by atoms with Crippen LogP contribution >= 0.6 is 15.9 Å². The number of rotatable bonds is 6. The van der Waals surface area contributed by atoms with Gasteiger partial charge in [-0.25, -0.2) is 4.98 Å². The number of methoxy groups -OCH3 is 1. The van der Waals surface area contributed by atoms with Crippen LogP contribution < -0.4 is 15.4 Å². The number of nitrogens with two attached hydrogens (primary N) is 1. The predicted molar refractivity (Wildman–Crippen MR) is 107 cm³/mol. The van der Waals surface area contributed by atoms with Crippen LogP contribution in [0.5, 0.6) is 5.75 Å². The van der Waals surface area contributed by atoms with Crippen molar-refractivity contribution in [2.45, 2.75) is 25.9 Å². The average Bonchev–Trinajstić information content (AvgIpc) is 2.69. The van der Waals surface area contributed by atoms with Crippen LogP contribution in [-0.2, 0) is 11.4 Å². The van der Waals surface area contributed by atoms with Crippen LogP contribution in [0.15, 0.2) is 46.2 Å². The van der Waals surface area contributed by atoms with Crippen LogP contribution in [0.1, 0.15) is 30.4 Å². The first kappa shape index (κ1) is 18.5. The van der Waals surface area contributed by atoms with Crippen LogP contribution in [0.25, 0.3) is 0 Å². The fraction of sp³-hybridized carbons (Fsp3) is 0.368. The van der Waals surface area contributed by atoms with Crippen LogP contribution in [-0.4, -0.2) is 31.0 Å². The molecule has 0 atom stereocenters. The fourth-order valence-electron chi connectivity index (χ4n) is 2.96. The molecule has 0 amide bonds. The van der Waals surface area contributed by atoms with Gasteiger partial charge in [0.05, 0.1) is 7.11 Å². The number of oxime groups is 1. The van der Waals surface area contributed by atoms with E-state index < -0.39 is 0 Å². The maximum Gasteiger partial charge on any atom is 0.170 e. The molecule has 2 N–H and O–H groups in total. The first-order valence-corrected chi connectivity index (χ1v) is 9.46. The lowest BCUT2D eigenvalue weighted by molar-refractivity contribution is 0.128. The van der Waals surface area contributed by atoms with E-state index in [9.17, 15) is 0 Å². The van der Waals surface area contributed by atoms with E-state index in [2.05, 4.69) is 31.0 Å². The number of halogens is 1. The van der Waals surface area contributed by atoms with Crippen molar-refractivity contribution >= 4 is 27.6 Å². The minimum Gasteiger partial charge on any atom is -0.496 e. The molecule has 0 spiro atoms. The van der Waals surface area contributed by atoms with Crippen molar-refractivity contribution in [1.29, 1.82) is 0 Å². The van der Waals surface area contributed by atoms with Crippen molar-refractivity contribution in [3.05, 3.63) is 52.1 Å². The first-order chi connectivity index (χ1) is 12.7. The highest BCUT2D eigenvalue weighted by atomic mass is 79.9.